The lowest BCUT2D eigenvalue weighted by Gasteiger charge is -2.07. The van der Waals surface area contributed by atoms with Gasteiger partial charge in [0.1, 0.15) is 0 Å². The van der Waals surface area contributed by atoms with Crippen molar-refractivity contribution in [3.8, 4) is 11.5 Å². The number of aromatic nitrogens is 3. The lowest BCUT2D eigenvalue weighted by atomic mass is 10.2. The number of rotatable bonds is 6. The summed E-state index contributed by atoms with van der Waals surface area (Å²) in [6.45, 7) is 1.18. The molecule has 8 heteroatoms. The number of benzene rings is 1. The summed E-state index contributed by atoms with van der Waals surface area (Å²) in [5.74, 6) is 1.62. The fourth-order valence-electron chi connectivity index (χ4n) is 2.55. The molecule has 1 aromatic carbocycles. The average molecular weight is 363 g/mol. The Hall–Kier alpha value is -3.68. The van der Waals surface area contributed by atoms with Gasteiger partial charge in [-0.05, 0) is 35.4 Å². The van der Waals surface area contributed by atoms with Crippen molar-refractivity contribution in [3.05, 3.63) is 71.8 Å². The molecule has 1 aliphatic rings. The van der Waals surface area contributed by atoms with Crippen molar-refractivity contribution >= 4 is 11.9 Å². The van der Waals surface area contributed by atoms with E-state index in [0.717, 1.165) is 11.1 Å². The van der Waals surface area contributed by atoms with Crippen LogP contribution in [0.4, 0.5) is 5.95 Å². The van der Waals surface area contributed by atoms with E-state index in [0.29, 0.717) is 36.1 Å². The lowest BCUT2D eigenvalue weighted by molar-refractivity contribution is 0.0950. The van der Waals surface area contributed by atoms with Crippen LogP contribution in [-0.2, 0) is 13.1 Å². The molecule has 8 nitrogen and oxygen atoms in total. The molecule has 0 fully saturated rings. The zero-order valence-corrected chi connectivity index (χ0v) is 14.4. The maximum Gasteiger partial charge on any atom is 0.254 e. The first-order valence-corrected chi connectivity index (χ1v) is 8.39. The van der Waals surface area contributed by atoms with Gasteiger partial charge in [-0.3, -0.25) is 9.78 Å². The smallest absolute Gasteiger partial charge is 0.254 e. The Morgan fingerprint density at radius 1 is 0.963 bits per heavy atom. The number of nitrogens with one attached hydrogen (secondary N) is 2. The predicted octanol–water partition coefficient (Wildman–Crippen LogP) is 2.14. The number of carbonyl (C=O) groups is 1. The Bertz CT molecular complexity index is 932. The van der Waals surface area contributed by atoms with Crippen LogP contribution in [-0.4, -0.2) is 27.7 Å². The highest BCUT2D eigenvalue weighted by molar-refractivity contribution is 5.93. The number of nitrogens with zero attached hydrogens (tertiary/aromatic N) is 3. The number of anilines is 1. The van der Waals surface area contributed by atoms with E-state index >= 15 is 0 Å². The molecule has 0 saturated heterocycles. The molecule has 3 aromatic rings. The molecule has 0 saturated carbocycles. The van der Waals surface area contributed by atoms with Gasteiger partial charge in [0.25, 0.3) is 5.91 Å². The van der Waals surface area contributed by atoms with E-state index < -0.39 is 0 Å². The van der Waals surface area contributed by atoms with Crippen LogP contribution in [0.1, 0.15) is 21.5 Å². The van der Waals surface area contributed by atoms with Gasteiger partial charge in [0, 0.05) is 37.9 Å². The number of carbonyl (C=O) groups excluding carboxylic acids is 1. The molecule has 1 amide bonds. The maximum absolute atomic E-state index is 12.3. The standard InChI is InChI=1S/C19H17N5O3/c25-18(21-9-14-1-2-16-17(7-14)27-12-26-16)15-10-23-19(24-11-15)22-8-13-3-5-20-6-4-13/h1-7,10-11H,8-9,12H2,(H,21,25)(H,22,23,24). The van der Waals surface area contributed by atoms with Crippen molar-refractivity contribution in [1.82, 2.24) is 20.3 Å². The van der Waals surface area contributed by atoms with E-state index in [-0.39, 0.29) is 12.7 Å². The molecule has 136 valence electrons. The highest BCUT2D eigenvalue weighted by Crippen LogP contribution is 2.32. The van der Waals surface area contributed by atoms with Crippen LogP contribution >= 0.6 is 0 Å². The molecule has 2 aromatic heterocycles. The summed E-state index contributed by atoms with van der Waals surface area (Å²) in [6, 6.07) is 9.38. The summed E-state index contributed by atoms with van der Waals surface area (Å²) in [5, 5.41) is 5.94. The highest BCUT2D eigenvalue weighted by atomic mass is 16.7. The number of ether oxygens (including phenoxy) is 2. The van der Waals surface area contributed by atoms with Gasteiger partial charge in [0.05, 0.1) is 5.56 Å². The summed E-state index contributed by atoms with van der Waals surface area (Å²) >= 11 is 0. The van der Waals surface area contributed by atoms with E-state index in [9.17, 15) is 4.79 Å². The van der Waals surface area contributed by atoms with E-state index in [2.05, 4.69) is 25.6 Å². The van der Waals surface area contributed by atoms with Gasteiger partial charge in [0.2, 0.25) is 12.7 Å². The number of fused-ring (bicyclic) bond motifs is 1. The summed E-state index contributed by atoms with van der Waals surface area (Å²) in [6.07, 6.45) is 6.45. The van der Waals surface area contributed by atoms with Crippen LogP contribution in [0, 0.1) is 0 Å². The monoisotopic (exact) mass is 363 g/mol. The van der Waals surface area contributed by atoms with Crippen LogP contribution in [0.15, 0.2) is 55.1 Å². The maximum atomic E-state index is 12.3. The number of hydrogen-bond acceptors (Lipinski definition) is 7. The van der Waals surface area contributed by atoms with Crippen LogP contribution < -0.4 is 20.1 Å². The van der Waals surface area contributed by atoms with Gasteiger partial charge < -0.3 is 20.1 Å². The number of pyridine rings is 1. The van der Waals surface area contributed by atoms with Gasteiger partial charge in [-0.15, -0.1) is 0 Å². The van der Waals surface area contributed by atoms with Crippen molar-refractivity contribution < 1.29 is 14.3 Å². The lowest BCUT2D eigenvalue weighted by Crippen LogP contribution is -2.23. The van der Waals surface area contributed by atoms with E-state index in [1.54, 1.807) is 12.4 Å². The molecule has 0 unspecified atom stereocenters. The fourth-order valence-corrected chi connectivity index (χ4v) is 2.55. The topological polar surface area (TPSA) is 98.3 Å². The molecular formula is C19H17N5O3. The van der Waals surface area contributed by atoms with E-state index in [1.807, 2.05) is 30.3 Å². The van der Waals surface area contributed by atoms with Crippen molar-refractivity contribution in [2.75, 3.05) is 12.1 Å². The first kappa shape index (κ1) is 16.8. The molecule has 2 N–H and O–H groups in total. The molecule has 3 heterocycles. The SMILES string of the molecule is O=C(NCc1ccc2c(c1)OCO2)c1cnc(NCc2ccncc2)nc1. The van der Waals surface area contributed by atoms with Crippen LogP contribution in [0.5, 0.6) is 11.5 Å². The van der Waals surface area contributed by atoms with Crippen LogP contribution in [0.25, 0.3) is 0 Å². The third kappa shape index (κ3) is 4.12. The molecule has 27 heavy (non-hydrogen) atoms. The normalized spacial score (nSPS) is 11.9. The van der Waals surface area contributed by atoms with Crippen molar-refractivity contribution in [2.45, 2.75) is 13.1 Å². The molecule has 1 aliphatic heterocycles. The third-order valence-corrected chi connectivity index (χ3v) is 4.00. The van der Waals surface area contributed by atoms with Gasteiger partial charge in [-0.25, -0.2) is 9.97 Å². The minimum absolute atomic E-state index is 0.226. The summed E-state index contributed by atoms with van der Waals surface area (Å²) < 4.78 is 10.6. The molecule has 0 radical (unpaired) electrons. The molecule has 4 rings (SSSR count). The van der Waals surface area contributed by atoms with E-state index in [1.165, 1.54) is 12.4 Å². The van der Waals surface area contributed by atoms with Crippen molar-refractivity contribution in [3.63, 3.8) is 0 Å². The predicted molar refractivity (Wildman–Crippen MR) is 97.3 cm³/mol. The minimum Gasteiger partial charge on any atom is -0.454 e. The van der Waals surface area contributed by atoms with Gasteiger partial charge in [0.15, 0.2) is 11.5 Å². The second kappa shape index (κ2) is 7.69. The van der Waals surface area contributed by atoms with E-state index in [4.69, 9.17) is 9.47 Å². The highest BCUT2D eigenvalue weighted by Gasteiger charge is 2.14. The van der Waals surface area contributed by atoms with Crippen LogP contribution in [0.2, 0.25) is 0 Å². The van der Waals surface area contributed by atoms with Gasteiger partial charge >= 0.3 is 0 Å². The van der Waals surface area contributed by atoms with Crippen LogP contribution in [0.3, 0.4) is 0 Å². The first-order chi connectivity index (χ1) is 13.3. The fraction of sp³-hybridized carbons (Fsp3) is 0.158. The largest absolute Gasteiger partial charge is 0.454 e. The minimum atomic E-state index is -0.242. The first-order valence-electron chi connectivity index (χ1n) is 8.39. The quantitative estimate of drug-likeness (QED) is 0.692. The Balaban J connectivity index is 1.31. The Morgan fingerprint density at radius 2 is 1.74 bits per heavy atom. The summed E-state index contributed by atoms with van der Waals surface area (Å²) in [5.41, 5.74) is 2.38. The number of amides is 1. The van der Waals surface area contributed by atoms with Gasteiger partial charge in [-0.1, -0.05) is 6.07 Å². The average Bonchev–Trinajstić information content (AvgIpc) is 3.19. The second-order valence-corrected chi connectivity index (χ2v) is 5.87. The number of hydrogen-bond donors (Lipinski definition) is 2. The Labute approximate surface area is 155 Å². The molecule has 0 bridgehead atoms. The Morgan fingerprint density at radius 3 is 2.56 bits per heavy atom. The summed E-state index contributed by atoms with van der Waals surface area (Å²) in [7, 11) is 0. The molecular weight excluding hydrogens is 346 g/mol. The summed E-state index contributed by atoms with van der Waals surface area (Å²) in [4.78, 5) is 24.6. The van der Waals surface area contributed by atoms with Gasteiger partial charge in [-0.2, -0.15) is 0 Å². The second-order valence-electron chi connectivity index (χ2n) is 5.87. The molecule has 0 spiro atoms. The van der Waals surface area contributed by atoms with Crippen molar-refractivity contribution in [1.29, 1.82) is 0 Å². The molecule has 0 atom stereocenters. The van der Waals surface area contributed by atoms with Crippen molar-refractivity contribution in [2.24, 2.45) is 0 Å². The zero-order chi connectivity index (χ0) is 18.5. The zero-order valence-electron chi connectivity index (χ0n) is 14.4. The molecule has 0 aliphatic carbocycles. The Kier molecular flexibility index (Phi) is 4.78. The third-order valence-electron chi connectivity index (χ3n) is 4.00.